The van der Waals surface area contributed by atoms with Crippen LogP contribution in [-0.4, -0.2) is 11.2 Å². The standard InChI is InChI=1S/C4H6BrN/c1-3-2-6-4(3)5/h3H,2H2,1H3/t3-/m1/s1. The third-order valence-electron chi connectivity index (χ3n) is 0.923. The van der Waals surface area contributed by atoms with Crippen LogP contribution >= 0.6 is 15.9 Å². The molecule has 0 saturated heterocycles. The summed E-state index contributed by atoms with van der Waals surface area (Å²) in [5.41, 5.74) is 0. The van der Waals surface area contributed by atoms with Crippen LogP contribution in [0.2, 0.25) is 0 Å². The maximum atomic E-state index is 3.98. The first-order valence-electron chi connectivity index (χ1n) is 2.00. The van der Waals surface area contributed by atoms with Gasteiger partial charge in [-0.25, -0.2) is 0 Å². The van der Waals surface area contributed by atoms with E-state index in [1.165, 1.54) is 0 Å². The van der Waals surface area contributed by atoms with Gasteiger partial charge in [0, 0.05) is 12.5 Å². The highest BCUT2D eigenvalue weighted by Gasteiger charge is 2.13. The summed E-state index contributed by atoms with van der Waals surface area (Å²) in [4.78, 5) is 3.98. The molecule has 2 heteroatoms. The van der Waals surface area contributed by atoms with Gasteiger partial charge in [0.05, 0.1) is 4.62 Å². The van der Waals surface area contributed by atoms with Crippen molar-refractivity contribution in [1.82, 2.24) is 0 Å². The summed E-state index contributed by atoms with van der Waals surface area (Å²) in [5.74, 6) is 0.699. The van der Waals surface area contributed by atoms with Gasteiger partial charge in [-0.15, -0.1) is 0 Å². The van der Waals surface area contributed by atoms with E-state index in [9.17, 15) is 0 Å². The fraction of sp³-hybridized carbons (Fsp3) is 0.750. The van der Waals surface area contributed by atoms with Gasteiger partial charge in [0.15, 0.2) is 0 Å². The van der Waals surface area contributed by atoms with Crippen LogP contribution in [0.25, 0.3) is 0 Å². The lowest BCUT2D eigenvalue weighted by Crippen LogP contribution is -2.17. The second kappa shape index (κ2) is 1.34. The van der Waals surface area contributed by atoms with E-state index in [2.05, 4.69) is 27.8 Å². The average molecular weight is 148 g/mol. The van der Waals surface area contributed by atoms with Crippen LogP contribution in [0.5, 0.6) is 0 Å². The van der Waals surface area contributed by atoms with Crippen LogP contribution in [0.3, 0.4) is 0 Å². The first-order valence-corrected chi connectivity index (χ1v) is 2.80. The zero-order valence-electron chi connectivity index (χ0n) is 3.61. The van der Waals surface area contributed by atoms with Gasteiger partial charge in [-0.05, 0) is 15.9 Å². The van der Waals surface area contributed by atoms with Gasteiger partial charge in [0.1, 0.15) is 0 Å². The van der Waals surface area contributed by atoms with Crippen LogP contribution in [0.15, 0.2) is 4.99 Å². The van der Waals surface area contributed by atoms with Crippen LogP contribution in [0.4, 0.5) is 0 Å². The van der Waals surface area contributed by atoms with Gasteiger partial charge < -0.3 is 0 Å². The second-order valence-electron chi connectivity index (χ2n) is 1.56. The lowest BCUT2D eigenvalue weighted by Gasteiger charge is -2.14. The summed E-state index contributed by atoms with van der Waals surface area (Å²) in [6.45, 7) is 3.16. The van der Waals surface area contributed by atoms with E-state index in [1.807, 2.05) is 0 Å². The summed E-state index contributed by atoms with van der Waals surface area (Å²) in [7, 11) is 0. The monoisotopic (exact) mass is 147 g/mol. The van der Waals surface area contributed by atoms with Crippen molar-refractivity contribution in [3.05, 3.63) is 0 Å². The minimum Gasteiger partial charge on any atom is -0.281 e. The lowest BCUT2D eigenvalue weighted by molar-refractivity contribution is 0.730. The van der Waals surface area contributed by atoms with Crippen molar-refractivity contribution in [2.45, 2.75) is 6.92 Å². The summed E-state index contributed by atoms with van der Waals surface area (Å²) < 4.78 is 1.13. The largest absolute Gasteiger partial charge is 0.281 e. The molecular formula is C4H6BrN. The highest BCUT2D eigenvalue weighted by atomic mass is 79.9. The molecule has 0 aromatic rings. The van der Waals surface area contributed by atoms with Crippen LogP contribution < -0.4 is 0 Å². The minimum absolute atomic E-state index is 0.699. The Labute approximate surface area is 45.6 Å². The maximum Gasteiger partial charge on any atom is 0.0820 e. The zero-order chi connectivity index (χ0) is 4.57. The van der Waals surface area contributed by atoms with Crippen molar-refractivity contribution in [2.24, 2.45) is 10.9 Å². The summed E-state index contributed by atoms with van der Waals surface area (Å²) in [6, 6.07) is 0. The van der Waals surface area contributed by atoms with E-state index >= 15 is 0 Å². The highest BCUT2D eigenvalue weighted by Crippen LogP contribution is 2.14. The topological polar surface area (TPSA) is 12.4 Å². The Balaban J connectivity index is 2.51. The lowest BCUT2D eigenvalue weighted by atomic mass is 10.1. The Bertz CT molecular complexity index is 87.5. The molecule has 1 aliphatic heterocycles. The number of rotatable bonds is 0. The van der Waals surface area contributed by atoms with Crippen molar-refractivity contribution in [2.75, 3.05) is 6.54 Å². The van der Waals surface area contributed by atoms with Gasteiger partial charge in [0.2, 0.25) is 0 Å². The smallest absolute Gasteiger partial charge is 0.0820 e. The molecule has 0 fully saturated rings. The number of hydrogen-bond donors (Lipinski definition) is 0. The Morgan fingerprint density at radius 2 is 2.50 bits per heavy atom. The molecule has 0 bridgehead atoms. The molecule has 0 N–H and O–H groups in total. The molecule has 0 aromatic carbocycles. The molecule has 6 heavy (non-hydrogen) atoms. The summed E-state index contributed by atoms with van der Waals surface area (Å²) in [6.07, 6.45) is 0. The fourth-order valence-electron chi connectivity index (χ4n) is 0.343. The number of aliphatic imine (C=N–C) groups is 1. The Hall–Kier alpha value is 0.150. The maximum absolute atomic E-state index is 3.98. The third kappa shape index (κ3) is 0.492. The van der Waals surface area contributed by atoms with E-state index in [4.69, 9.17) is 0 Å². The molecule has 1 nitrogen and oxygen atoms in total. The second-order valence-corrected chi connectivity index (χ2v) is 2.38. The van der Waals surface area contributed by atoms with Crippen LogP contribution in [0.1, 0.15) is 6.92 Å². The molecular weight excluding hydrogens is 142 g/mol. The fourth-order valence-corrected chi connectivity index (χ4v) is 0.632. The molecule has 0 amide bonds. The van der Waals surface area contributed by atoms with E-state index in [0.717, 1.165) is 11.2 Å². The molecule has 1 aliphatic rings. The van der Waals surface area contributed by atoms with Crippen molar-refractivity contribution in [1.29, 1.82) is 0 Å². The molecule has 0 saturated carbocycles. The third-order valence-corrected chi connectivity index (χ3v) is 1.96. The van der Waals surface area contributed by atoms with Crippen LogP contribution in [-0.2, 0) is 0 Å². The van der Waals surface area contributed by atoms with Crippen LogP contribution in [0, 0.1) is 5.92 Å². The molecule has 0 aliphatic carbocycles. The molecule has 0 spiro atoms. The van der Waals surface area contributed by atoms with Gasteiger partial charge in [-0.3, -0.25) is 4.99 Å². The predicted molar refractivity (Wildman–Crippen MR) is 30.4 cm³/mol. The first-order chi connectivity index (χ1) is 2.80. The Morgan fingerprint density at radius 1 is 2.00 bits per heavy atom. The van der Waals surface area contributed by atoms with Gasteiger partial charge in [-0.1, -0.05) is 6.92 Å². The molecule has 0 aromatic heterocycles. The van der Waals surface area contributed by atoms with Gasteiger partial charge in [-0.2, -0.15) is 0 Å². The minimum atomic E-state index is 0.699. The Morgan fingerprint density at radius 3 is 2.50 bits per heavy atom. The Kier molecular flexibility index (Phi) is 0.960. The molecule has 0 unspecified atom stereocenters. The molecule has 34 valence electrons. The van der Waals surface area contributed by atoms with E-state index in [-0.39, 0.29) is 0 Å². The number of hydrogen-bond acceptors (Lipinski definition) is 1. The van der Waals surface area contributed by atoms with Crippen molar-refractivity contribution >= 4 is 20.6 Å². The summed E-state index contributed by atoms with van der Waals surface area (Å²) in [5, 5.41) is 0. The molecule has 1 atom stereocenters. The van der Waals surface area contributed by atoms with Crippen molar-refractivity contribution < 1.29 is 0 Å². The van der Waals surface area contributed by atoms with E-state index in [1.54, 1.807) is 0 Å². The van der Waals surface area contributed by atoms with Gasteiger partial charge >= 0.3 is 0 Å². The van der Waals surface area contributed by atoms with Crippen molar-refractivity contribution in [3.8, 4) is 0 Å². The number of halogens is 1. The zero-order valence-corrected chi connectivity index (χ0v) is 5.20. The summed E-state index contributed by atoms with van der Waals surface area (Å²) >= 11 is 3.28. The quantitative estimate of drug-likeness (QED) is 0.492. The SMILES string of the molecule is C[C@@H]1CN=C1Br. The predicted octanol–water partition coefficient (Wildman–Crippen LogP) is 1.43. The molecule has 1 rings (SSSR count). The highest BCUT2D eigenvalue weighted by molar-refractivity contribution is 9.18. The number of nitrogens with zero attached hydrogens (tertiary/aromatic N) is 1. The molecule has 0 radical (unpaired) electrons. The van der Waals surface area contributed by atoms with E-state index < -0.39 is 0 Å². The normalized spacial score (nSPS) is 31.7. The molecule has 1 heterocycles. The van der Waals surface area contributed by atoms with E-state index in [0.29, 0.717) is 5.92 Å². The first kappa shape index (κ1) is 4.31. The van der Waals surface area contributed by atoms with Crippen molar-refractivity contribution in [3.63, 3.8) is 0 Å². The van der Waals surface area contributed by atoms with Gasteiger partial charge in [0.25, 0.3) is 0 Å². The average Bonchev–Trinajstić information content (AvgIpc) is 1.61.